The summed E-state index contributed by atoms with van der Waals surface area (Å²) in [6, 6.07) is -1.13. The highest BCUT2D eigenvalue weighted by Crippen LogP contribution is 2.21. The van der Waals surface area contributed by atoms with Crippen LogP contribution in [-0.4, -0.2) is 39.5 Å². The maximum Gasteiger partial charge on any atom is 0.390 e. The van der Waals surface area contributed by atoms with Gasteiger partial charge in [-0.2, -0.15) is 13.2 Å². The van der Waals surface area contributed by atoms with Crippen LogP contribution < -0.4 is 10.0 Å². The molecule has 0 aliphatic heterocycles. The van der Waals surface area contributed by atoms with Crippen molar-refractivity contribution < 1.29 is 21.6 Å². The molecule has 0 aromatic rings. The summed E-state index contributed by atoms with van der Waals surface area (Å²) in [6.45, 7) is 4.06. The molecular weight excluding hydrogens is 257 g/mol. The Morgan fingerprint density at radius 1 is 1.24 bits per heavy atom. The molecule has 0 amide bonds. The third-order valence-electron chi connectivity index (χ3n) is 1.89. The minimum absolute atomic E-state index is 0.213. The average Bonchev–Trinajstić information content (AvgIpc) is 2.08. The van der Waals surface area contributed by atoms with E-state index in [9.17, 15) is 21.6 Å². The first-order valence-electron chi connectivity index (χ1n) is 5.44. The molecule has 4 nitrogen and oxygen atoms in total. The van der Waals surface area contributed by atoms with Gasteiger partial charge in [0.25, 0.3) is 0 Å². The first-order valence-corrected chi connectivity index (χ1v) is 7.09. The molecule has 0 saturated heterocycles. The van der Waals surface area contributed by atoms with Crippen molar-refractivity contribution in [1.82, 2.24) is 10.0 Å². The van der Waals surface area contributed by atoms with E-state index in [0.29, 0.717) is 6.54 Å². The molecular formula is C9H19F3N2O2S. The number of halogens is 3. The standard InChI is InChI=1S/C9H19F3N2O2S/c1-3-4-13-5-6-17(15,16)14-8(2)7-9(10,11)12/h8,13-14H,3-7H2,1-2H3. The van der Waals surface area contributed by atoms with Gasteiger partial charge in [0.2, 0.25) is 10.0 Å². The zero-order valence-corrected chi connectivity index (χ0v) is 10.8. The van der Waals surface area contributed by atoms with E-state index in [2.05, 4.69) is 5.32 Å². The predicted octanol–water partition coefficient (Wildman–Crippen LogP) is 1.25. The quantitative estimate of drug-likeness (QED) is 0.656. The summed E-state index contributed by atoms with van der Waals surface area (Å²) in [5.41, 5.74) is 0. The predicted molar refractivity (Wildman–Crippen MR) is 60.2 cm³/mol. The average molecular weight is 276 g/mol. The second-order valence-electron chi connectivity index (χ2n) is 3.91. The Morgan fingerprint density at radius 3 is 2.29 bits per heavy atom. The van der Waals surface area contributed by atoms with Gasteiger partial charge in [-0.05, 0) is 19.9 Å². The summed E-state index contributed by atoms with van der Waals surface area (Å²) in [5.74, 6) is -0.213. The van der Waals surface area contributed by atoms with Crippen LogP contribution in [0.1, 0.15) is 26.7 Å². The molecule has 0 saturated carbocycles. The molecule has 0 aliphatic carbocycles. The van der Waals surface area contributed by atoms with E-state index in [0.717, 1.165) is 6.42 Å². The number of hydrogen-bond acceptors (Lipinski definition) is 3. The van der Waals surface area contributed by atoms with Crippen LogP contribution in [0.15, 0.2) is 0 Å². The van der Waals surface area contributed by atoms with Crippen molar-refractivity contribution in [1.29, 1.82) is 0 Å². The highest BCUT2D eigenvalue weighted by molar-refractivity contribution is 7.89. The third kappa shape index (κ3) is 10.5. The molecule has 0 aliphatic rings. The molecule has 0 aromatic heterocycles. The Hall–Kier alpha value is -0.340. The Labute approximate surface area is 100 Å². The van der Waals surface area contributed by atoms with E-state index in [-0.39, 0.29) is 12.3 Å². The molecule has 104 valence electrons. The van der Waals surface area contributed by atoms with Gasteiger partial charge in [0.1, 0.15) is 0 Å². The van der Waals surface area contributed by atoms with Crippen molar-refractivity contribution in [3.05, 3.63) is 0 Å². The monoisotopic (exact) mass is 276 g/mol. The lowest BCUT2D eigenvalue weighted by molar-refractivity contribution is -0.137. The van der Waals surface area contributed by atoms with E-state index in [1.54, 1.807) is 0 Å². The van der Waals surface area contributed by atoms with Crippen molar-refractivity contribution in [2.75, 3.05) is 18.8 Å². The first kappa shape index (κ1) is 16.7. The fourth-order valence-corrected chi connectivity index (χ4v) is 2.49. The van der Waals surface area contributed by atoms with Gasteiger partial charge >= 0.3 is 6.18 Å². The summed E-state index contributed by atoms with van der Waals surface area (Å²) in [7, 11) is -3.65. The molecule has 0 bridgehead atoms. The van der Waals surface area contributed by atoms with Crippen molar-refractivity contribution in [3.63, 3.8) is 0 Å². The molecule has 0 radical (unpaired) electrons. The van der Waals surface area contributed by atoms with Crippen LogP contribution in [0, 0.1) is 0 Å². The van der Waals surface area contributed by atoms with Crippen molar-refractivity contribution in [3.8, 4) is 0 Å². The van der Waals surface area contributed by atoms with E-state index in [4.69, 9.17) is 0 Å². The third-order valence-corrected chi connectivity index (χ3v) is 3.40. The molecule has 0 spiro atoms. The van der Waals surface area contributed by atoms with Crippen molar-refractivity contribution >= 4 is 10.0 Å². The summed E-state index contributed by atoms with van der Waals surface area (Å²) >= 11 is 0. The number of hydrogen-bond donors (Lipinski definition) is 2. The maximum absolute atomic E-state index is 12.0. The van der Waals surface area contributed by atoms with E-state index < -0.39 is 28.7 Å². The lowest BCUT2D eigenvalue weighted by Crippen LogP contribution is -2.39. The summed E-state index contributed by atoms with van der Waals surface area (Å²) in [5, 5.41) is 2.87. The van der Waals surface area contributed by atoms with Crippen LogP contribution in [0.5, 0.6) is 0 Å². The SMILES string of the molecule is CCCNCCS(=O)(=O)NC(C)CC(F)(F)F. The van der Waals surface area contributed by atoms with Crippen LogP contribution >= 0.6 is 0 Å². The topological polar surface area (TPSA) is 58.2 Å². The first-order chi connectivity index (χ1) is 7.66. The van der Waals surface area contributed by atoms with Crippen molar-refractivity contribution in [2.45, 2.75) is 38.9 Å². The van der Waals surface area contributed by atoms with Crippen LogP contribution in [0.3, 0.4) is 0 Å². The van der Waals surface area contributed by atoms with Gasteiger partial charge in [0.15, 0.2) is 0 Å². The Kier molecular flexibility index (Phi) is 7.03. The van der Waals surface area contributed by atoms with Gasteiger partial charge in [0, 0.05) is 12.6 Å². The van der Waals surface area contributed by atoms with Gasteiger partial charge in [-0.15, -0.1) is 0 Å². The number of alkyl halides is 3. The molecule has 1 atom stereocenters. The smallest absolute Gasteiger partial charge is 0.316 e. The number of sulfonamides is 1. The van der Waals surface area contributed by atoms with E-state index >= 15 is 0 Å². The van der Waals surface area contributed by atoms with Gasteiger partial charge in [-0.3, -0.25) is 0 Å². The molecule has 0 aromatic carbocycles. The lowest BCUT2D eigenvalue weighted by atomic mass is 10.2. The second kappa shape index (κ2) is 7.17. The summed E-state index contributed by atoms with van der Waals surface area (Å²) < 4.78 is 60.7. The molecule has 2 N–H and O–H groups in total. The molecule has 1 unspecified atom stereocenters. The fourth-order valence-electron chi connectivity index (χ4n) is 1.26. The summed E-state index contributed by atoms with van der Waals surface area (Å²) in [6.07, 6.45) is -4.64. The zero-order chi connectivity index (χ0) is 13.5. The molecule has 17 heavy (non-hydrogen) atoms. The summed E-state index contributed by atoms with van der Waals surface area (Å²) in [4.78, 5) is 0. The van der Waals surface area contributed by atoms with Crippen LogP contribution in [0.4, 0.5) is 13.2 Å². The normalized spacial score (nSPS) is 14.9. The van der Waals surface area contributed by atoms with Gasteiger partial charge < -0.3 is 5.32 Å². The van der Waals surface area contributed by atoms with Crippen molar-refractivity contribution in [2.24, 2.45) is 0 Å². The van der Waals surface area contributed by atoms with Crippen LogP contribution in [0.2, 0.25) is 0 Å². The zero-order valence-electron chi connectivity index (χ0n) is 9.97. The molecule has 0 heterocycles. The second-order valence-corrected chi connectivity index (χ2v) is 5.78. The van der Waals surface area contributed by atoms with Crippen LogP contribution in [0.25, 0.3) is 0 Å². The molecule has 0 fully saturated rings. The van der Waals surface area contributed by atoms with Gasteiger partial charge in [0.05, 0.1) is 12.2 Å². The Bertz CT molecular complexity index is 304. The Balaban J connectivity index is 3.99. The number of nitrogens with one attached hydrogen (secondary N) is 2. The van der Waals surface area contributed by atoms with E-state index in [1.807, 2.05) is 11.6 Å². The maximum atomic E-state index is 12.0. The Morgan fingerprint density at radius 2 is 1.82 bits per heavy atom. The highest BCUT2D eigenvalue weighted by atomic mass is 32.2. The minimum Gasteiger partial charge on any atom is -0.316 e. The fraction of sp³-hybridized carbons (Fsp3) is 1.00. The van der Waals surface area contributed by atoms with Crippen LogP contribution in [-0.2, 0) is 10.0 Å². The lowest BCUT2D eigenvalue weighted by Gasteiger charge is -2.16. The van der Waals surface area contributed by atoms with Gasteiger partial charge in [-0.1, -0.05) is 6.92 Å². The van der Waals surface area contributed by atoms with Gasteiger partial charge in [-0.25, -0.2) is 13.1 Å². The minimum atomic E-state index is -4.36. The number of rotatable bonds is 8. The largest absolute Gasteiger partial charge is 0.390 e. The van der Waals surface area contributed by atoms with E-state index in [1.165, 1.54) is 6.92 Å². The molecule has 8 heteroatoms. The molecule has 0 rings (SSSR count). The highest BCUT2D eigenvalue weighted by Gasteiger charge is 2.31.